The number of carbonyl (C=O) groups is 1. The number of nitrogens with zero attached hydrogens (tertiary/aromatic N) is 4. The number of aromatic amines is 2. The van der Waals surface area contributed by atoms with Gasteiger partial charge in [0.2, 0.25) is 0 Å². The van der Waals surface area contributed by atoms with Crippen LogP contribution in [0.3, 0.4) is 0 Å². The summed E-state index contributed by atoms with van der Waals surface area (Å²) in [5.74, 6) is 1.43. The first kappa shape index (κ1) is 18.6. The lowest BCUT2D eigenvalue weighted by atomic mass is 10.1. The van der Waals surface area contributed by atoms with Gasteiger partial charge in [0, 0.05) is 41.7 Å². The van der Waals surface area contributed by atoms with Gasteiger partial charge in [-0.05, 0) is 36.8 Å². The predicted octanol–water partition coefficient (Wildman–Crippen LogP) is 3.71. The average Bonchev–Trinajstić information content (AvgIpc) is 3.59. The lowest BCUT2D eigenvalue weighted by Crippen LogP contribution is -2.28. The molecule has 158 valence electrons. The van der Waals surface area contributed by atoms with Gasteiger partial charge in [-0.15, -0.1) is 0 Å². The number of aromatic nitrogens is 5. The fourth-order valence-corrected chi connectivity index (χ4v) is 4.50. The minimum atomic E-state index is 0.0572. The summed E-state index contributed by atoms with van der Waals surface area (Å²) in [5.41, 5.74) is 11.2. The van der Waals surface area contributed by atoms with E-state index in [-0.39, 0.29) is 11.8 Å². The number of amides is 1. The van der Waals surface area contributed by atoms with Crippen molar-refractivity contribution in [3.05, 3.63) is 72.2 Å². The van der Waals surface area contributed by atoms with E-state index in [1.54, 1.807) is 6.20 Å². The maximum Gasteiger partial charge on any atom is 0.253 e. The number of likely N-dealkylation sites (tertiary alicyclic amines) is 1. The number of hydrogen-bond acceptors (Lipinski definition) is 5. The second-order valence-electron chi connectivity index (χ2n) is 8.14. The highest BCUT2D eigenvalue weighted by Crippen LogP contribution is 2.33. The molecule has 8 heteroatoms. The number of fused-ring (bicyclic) bond motifs is 3. The second kappa shape index (κ2) is 7.19. The van der Waals surface area contributed by atoms with Crippen LogP contribution < -0.4 is 5.73 Å². The van der Waals surface area contributed by atoms with E-state index in [1.807, 2.05) is 59.5 Å². The Morgan fingerprint density at radius 1 is 1.09 bits per heavy atom. The fraction of sp³-hybridized carbons (Fsp3) is 0.167. The first-order valence-electron chi connectivity index (χ1n) is 10.6. The van der Waals surface area contributed by atoms with Crippen LogP contribution in [0.4, 0.5) is 5.82 Å². The number of H-pyrrole nitrogens is 2. The Labute approximate surface area is 183 Å². The smallest absolute Gasteiger partial charge is 0.253 e. The summed E-state index contributed by atoms with van der Waals surface area (Å²) in [5, 5.41) is 8.04. The molecule has 4 N–H and O–H groups in total. The van der Waals surface area contributed by atoms with Gasteiger partial charge in [-0.25, -0.2) is 9.97 Å². The SMILES string of the molecule is Nc1nc2cc(-c3cc[nH]n3)ccc2c2[nH]c([C@@H]3CCN(C(=O)c4ccccc4)C3)nc12. The minimum absolute atomic E-state index is 0.0572. The number of pyridine rings is 1. The van der Waals surface area contributed by atoms with Crippen molar-refractivity contribution in [3.63, 3.8) is 0 Å². The van der Waals surface area contributed by atoms with Crippen molar-refractivity contribution in [1.29, 1.82) is 0 Å². The zero-order valence-corrected chi connectivity index (χ0v) is 17.2. The van der Waals surface area contributed by atoms with Gasteiger partial charge in [0.15, 0.2) is 5.82 Å². The Balaban J connectivity index is 1.34. The van der Waals surface area contributed by atoms with Crippen LogP contribution in [0, 0.1) is 0 Å². The molecule has 1 fully saturated rings. The van der Waals surface area contributed by atoms with E-state index in [9.17, 15) is 4.79 Å². The molecule has 1 saturated heterocycles. The minimum Gasteiger partial charge on any atom is -0.382 e. The number of nitrogens with one attached hydrogen (secondary N) is 2. The molecule has 6 rings (SSSR count). The highest BCUT2D eigenvalue weighted by Gasteiger charge is 2.30. The van der Waals surface area contributed by atoms with Gasteiger partial charge in [-0.2, -0.15) is 5.10 Å². The average molecular weight is 423 g/mol. The summed E-state index contributed by atoms with van der Waals surface area (Å²) in [6, 6.07) is 17.3. The molecule has 1 aliphatic heterocycles. The molecule has 32 heavy (non-hydrogen) atoms. The molecule has 0 aliphatic carbocycles. The zero-order chi connectivity index (χ0) is 21.7. The monoisotopic (exact) mass is 423 g/mol. The standard InChI is InChI=1S/C24H21N7O/c25-22-21-20(17-7-6-15(12-19(17)27-22)18-8-10-26-30-18)28-23(29-21)16-9-11-31(13-16)24(32)14-4-2-1-3-5-14/h1-8,10,12,16H,9,11,13H2,(H2,25,27)(H,26,30)(H,28,29)/t16-/m1/s1. The lowest BCUT2D eigenvalue weighted by molar-refractivity contribution is 0.0790. The molecule has 1 atom stereocenters. The van der Waals surface area contributed by atoms with Gasteiger partial charge in [0.25, 0.3) is 5.91 Å². The van der Waals surface area contributed by atoms with Crippen LogP contribution in [0.5, 0.6) is 0 Å². The van der Waals surface area contributed by atoms with E-state index in [1.165, 1.54) is 0 Å². The molecular weight excluding hydrogens is 402 g/mol. The van der Waals surface area contributed by atoms with Crippen molar-refractivity contribution in [2.45, 2.75) is 12.3 Å². The molecule has 8 nitrogen and oxygen atoms in total. The normalized spacial score (nSPS) is 16.2. The Kier molecular flexibility index (Phi) is 4.17. The van der Waals surface area contributed by atoms with Crippen molar-refractivity contribution < 1.29 is 4.79 Å². The van der Waals surface area contributed by atoms with E-state index < -0.39 is 0 Å². The molecule has 3 aromatic heterocycles. The van der Waals surface area contributed by atoms with Gasteiger partial charge in [0.1, 0.15) is 11.3 Å². The van der Waals surface area contributed by atoms with Crippen molar-refractivity contribution in [2.75, 3.05) is 18.8 Å². The van der Waals surface area contributed by atoms with Gasteiger partial charge in [-0.3, -0.25) is 9.89 Å². The predicted molar refractivity (Wildman–Crippen MR) is 123 cm³/mol. The van der Waals surface area contributed by atoms with Crippen LogP contribution in [-0.2, 0) is 0 Å². The molecule has 0 saturated carbocycles. The van der Waals surface area contributed by atoms with Crippen molar-refractivity contribution in [2.24, 2.45) is 0 Å². The molecule has 1 aliphatic rings. The zero-order valence-electron chi connectivity index (χ0n) is 17.2. The molecule has 0 radical (unpaired) electrons. The van der Waals surface area contributed by atoms with Crippen LogP contribution in [0.25, 0.3) is 33.2 Å². The van der Waals surface area contributed by atoms with Crippen LogP contribution >= 0.6 is 0 Å². The highest BCUT2D eigenvalue weighted by atomic mass is 16.2. The third kappa shape index (κ3) is 2.99. The maximum absolute atomic E-state index is 12.8. The Morgan fingerprint density at radius 2 is 1.97 bits per heavy atom. The summed E-state index contributed by atoms with van der Waals surface area (Å²) in [6.07, 6.45) is 2.64. The summed E-state index contributed by atoms with van der Waals surface area (Å²) in [4.78, 5) is 27.6. The number of nitrogen functional groups attached to an aromatic ring is 1. The van der Waals surface area contributed by atoms with Crippen molar-refractivity contribution in [1.82, 2.24) is 30.0 Å². The van der Waals surface area contributed by atoms with E-state index in [0.717, 1.165) is 39.9 Å². The number of benzene rings is 2. The summed E-state index contributed by atoms with van der Waals surface area (Å²) < 4.78 is 0. The first-order valence-corrected chi connectivity index (χ1v) is 10.6. The van der Waals surface area contributed by atoms with Gasteiger partial charge in [-0.1, -0.05) is 24.3 Å². The number of rotatable bonds is 3. The van der Waals surface area contributed by atoms with Gasteiger partial charge >= 0.3 is 0 Å². The maximum atomic E-state index is 12.8. The van der Waals surface area contributed by atoms with Crippen molar-refractivity contribution in [3.8, 4) is 11.3 Å². The highest BCUT2D eigenvalue weighted by molar-refractivity contribution is 6.07. The Hall–Kier alpha value is -4.20. The van der Waals surface area contributed by atoms with Gasteiger partial charge in [0.05, 0.1) is 16.7 Å². The number of hydrogen-bond donors (Lipinski definition) is 3. The van der Waals surface area contributed by atoms with Crippen LogP contribution in [0.2, 0.25) is 0 Å². The third-order valence-electron chi connectivity index (χ3n) is 6.15. The Morgan fingerprint density at radius 3 is 2.78 bits per heavy atom. The molecule has 1 amide bonds. The van der Waals surface area contributed by atoms with Crippen LogP contribution in [0.1, 0.15) is 28.5 Å². The molecular formula is C24H21N7O. The van der Waals surface area contributed by atoms with E-state index >= 15 is 0 Å². The van der Waals surface area contributed by atoms with Crippen LogP contribution in [0.15, 0.2) is 60.8 Å². The largest absolute Gasteiger partial charge is 0.382 e. The molecule has 0 spiro atoms. The quantitative estimate of drug-likeness (QED) is 0.409. The third-order valence-corrected chi connectivity index (χ3v) is 6.15. The van der Waals surface area contributed by atoms with E-state index in [2.05, 4.69) is 20.2 Å². The number of nitrogens with two attached hydrogens (primary N) is 1. The van der Waals surface area contributed by atoms with E-state index in [4.69, 9.17) is 10.7 Å². The van der Waals surface area contributed by atoms with Crippen molar-refractivity contribution >= 4 is 33.7 Å². The number of carbonyl (C=O) groups excluding carboxylic acids is 1. The number of anilines is 1. The molecule has 4 heterocycles. The molecule has 0 bridgehead atoms. The second-order valence-corrected chi connectivity index (χ2v) is 8.14. The van der Waals surface area contributed by atoms with Gasteiger partial charge < -0.3 is 15.6 Å². The molecule has 2 aromatic carbocycles. The molecule has 5 aromatic rings. The number of imidazole rings is 1. The van der Waals surface area contributed by atoms with Crippen LogP contribution in [-0.4, -0.2) is 49.0 Å². The first-order chi connectivity index (χ1) is 15.7. The molecule has 0 unspecified atom stereocenters. The summed E-state index contributed by atoms with van der Waals surface area (Å²) in [7, 11) is 0. The topological polar surface area (TPSA) is 117 Å². The summed E-state index contributed by atoms with van der Waals surface area (Å²) in [6.45, 7) is 1.33. The van der Waals surface area contributed by atoms with E-state index in [0.29, 0.717) is 30.0 Å². The lowest BCUT2D eigenvalue weighted by Gasteiger charge is -2.16. The fourth-order valence-electron chi connectivity index (χ4n) is 4.50. The Bertz CT molecular complexity index is 1440. The summed E-state index contributed by atoms with van der Waals surface area (Å²) >= 11 is 0.